The first-order valence-corrected chi connectivity index (χ1v) is 17.3. The van der Waals surface area contributed by atoms with Crippen molar-refractivity contribution in [1.29, 1.82) is 0 Å². The van der Waals surface area contributed by atoms with Crippen LogP contribution in [-0.4, -0.2) is 58.1 Å². The fraction of sp³-hybridized carbons (Fsp3) is 0.316. The molecular weight excluding hydrogens is 716 g/mol. The smallest absolute Gasteiger partial charge is 0.243 e. The molecule has 4 aromatic rings. The number of halogens is 4. The number of nitrogens with one attached hydrogen (secondary N) is 4. The molecule has 15 heteroatoms. The molecular formula is C38H42F4N4O6S. The molecule has 0 aliphatic carbocycles. The van der Waals surface area contributed by atoms with E-state index in [1.54, 1.807) is 27.7 Å². The predicted octanol–water partition coefficient (Wildman–Crippen LogP) is 4.56. The minimum absolute atomic E-state index is 0.127. The summed E-state index contributed by atoms with van der Waals surface area (Å²) in [5.74, 6) is -5.69. The molecule has 0 saturated carbocycles. The van der Waals surface area contributed by atoms with Crippen molar-refractivity contribution in [3.05, 3.63) is 129 Å². The van der Waals surface area contributed by atoms with E-state index in [-0.39, 0.29) is 30.6 Å². The molecule has 284 valence electrons. The zero-order valence-corrected chi connectivity index (χ0v) is 30.3. The summed E-state index contributed by atoms with van der Waals surface area (Å²) in [6.07, 6.45) is -0.651. The van der Waals surface area contributed by atoms with Gasteiger partial charge in [0.2, 0.25) is 23.6 Å². The molecule has 53 heavy (non-hydrogen) atoms. The molecule has 0 saturated heterocycles. The summed E-state index contributed by atoms with van der Waals surface area (Å²) in [4.78, 5) is 49.2. The lowest BCUT2D eigenvalue weighted by atomic mass is 9.91. The van der Waals surface area contributed by atoms with Gasteiger partial charge in [0.1, 0.15) is 23.3 Å². The van der Waals surface area contributed by atoms with Gasteiger partial charge in [0.15, 0.2) is 0 Å². The lowest BCUT2D eigenvalue weighted by Gasteiger charge is -2.32. The average molecular weight is 759 g/mol. The molecule has 0 aliphatic rings. The van der Waals surface area contributed by atoms with Crippen molar-refractivity contribution in [3.8, 4) is 0 Å². The van der Waals surface area contributed by atoms with Gasteiger partial charge in [-0.05, 0) is 80.1 Å². The molecule has 3 aromatic carbocycles. The summed E-state index contributed by atoms with van der Waals surface area (Å²) in [5.41, 5.74) is -0.118. The third kappa shape index (κ3) is 14.3. The van der Waals surface area contributed by atoms with Crippen LogP contribution < -0.4 is 21.3 Å². The Kier molecular flexibility index (Phi) is 16.0. The number of aliphatic hydroxyl groups excluding tert-OH is 1. The van der Waals surface area contributed by atoms with Gasteiger partial charge in [-0.3, -0.25) is 40.4 Å². The quantitative estimate of drug-likeness (QED) is 0.102. The van der Waals surface area contributed by atoms with E-state index in [1.807, 2.05) is 47.8 Å². The SMILES string of the molecule is C[C@H](NC(CO)c1cccs1)C(=O)NC(=O)Cc1cc(F)cc(F)c1.C[C@H](N[C@@H](c1ccccc1)C(C)(C)O)C(=O)NC(=O)Cc1cc(F)cc(F)c1. The van der Waals surface area contributed by atoms with Crippen LogP contribution in [0.2, 0.25) is 0 Å². The second kappa shape index (κ2) is 19.9. The fourth-order valence-corrected chi connectivity index (χ4v) is 5.93. The van der Waals surface area contributed by atoms with Crippen molar-refractivity contribution in [2.75, 3.05) is 6.61 Å². The number of rotatable bonds is 14. The third-order valence-electron chi connectivity index (χ3n) is 7.66. The summed E-state index contributed by atoms with van der Waals surface area (Å²) in [5, 5.41) is 32.1. The topological polar surface area (TPSA) is 157 Å². The number of thiophene rings is 1. The van der Waals surface area contributed by atoms with Crippen LogP contribution in [0.5, 0.6) is 0 Å². The molecule has 1 aromatic heterocycles. The van der Waals surface area contributed by atoms with Crippen molar-refractivity contribution >= 4 is 35.0 Å². The van der Waals surface area contributed by atoms with Gasteiger partial charge in [-0.1, -0.05) is 36.4 Å². The largest absolute Gasteiger partial charge is 0.394 e. The van der Waals surface area contributed by atoms with E-state index in [0.29, 0.717) is 12.1 Å². The first-order chi connectivity index (χ1) is 24.9. The zero-order valence-electron chi connectivity index (χ0n) is 29.5. The maximum absolute atomic E-state index is 13.2. The highest BCUT2D eigenvalue weighted by Crippen LogP contribution is 2.26. The number of carbonyl (C=O) groups excluding carboxylic acids is 4. The molecule has 0 spiro atoms. The number of hydrogen-bond acceptors (Lipinski definition) is 9. The van der Waals surface area contributed by atoms with Crippen LogP contribution in [0.3, 0.4) is 0 Å². The second-order valence-electron chi connectivity index (χ2n) is 12.8. The minimum Gasteiger partial charge on any atom is -0.394 e. The van der Waals surface area contributed by atoms with Crippen LogP contribution in [0.25, 0.3) is 0 Å². The molecule has 0 fully saturated rings. The van der Waals surface area contributed by atoms with Crippen LogP contribution in [0.1, 0.15) is 61.3 Å². The van der Waals surface area contributed by atoms with Gasteiger partial charge in [-0.15, -0.1) is 11.3 Å². The van der Waals surface area contributed by atoms with E-state index >= 15 is 0 Å². The van der Waals surface area contributed by atoms with Crippen LogP contribution in [0.4, 0.5) is 17.6 Å². The Balaban J connectivity index is 0.000000287. The van der Waals surface area contributed by atoms with Crippen LogP contribution >= 0.6 is 11.3 Å². The van der Waals surface area contributed by atoms with Gasteiger partial charge in [0.25, 0.3) is 0 Å². The van der Waals surface area contributed by atoms with Crippen LogP contribution in [-0.2, 0) is 32.0 Å². The Morgan fingerprint density at radius 3 is 1.55 bits per heavy atom. The maximum atomic E-state index is 13.2. The molecule has 1 heterocycles. The predicted molar refractivity (Wildman–Crippen MR) is 191 cm³/mol. The highest BCUT2D eigenvalue weighted by atomic mass is 32.1. The molecule has 0 radical (unpaired) electrons. The maximum Gasteiger partial charge on any atom is 0.243 e. The lowest BCUT2D eigenvalue weighted by molar-refractivity contribution is -0.133. The monoisotopic (exact) mass is 758 g/mol. The highest BCUT2D eigenvalue weighted by Gasteiger charge is 2.31. The summed E-state index contributed by atoms with van der Waals surface area (Å²) in [7, 11) is 0. The average Bonchev–Trinajstić information content (AvgIpc) is 3.60. The van der Waals surface area contributed by atoms with E-state index in [9.17, 15) is 47.0 Å². The Morgan fingerprint density at radius 2 is 1.15 bits per heavy atom. The van der Waals surface area contributed by atoms with Gasteiger partial charge in [-0.2, -0.15) is 0 Å². The lowest BCUT2D eigenvalue weighted by Crippen LogP contribution is -2.50. The standard InChI is InChI=1S/C21H24F2N2O3.C17H18F2N2O3S/c1-13(24-19(21(2,3)28)15-7-5-4-6-8-15)20(27)25-18(26)11-14-9-16(22)12-17(23)10-14;1-10(20-14(9-22)15-3-2-4-25-15)17(24)21-16(23)7-11-5-12(18)8-13(19)6-11/h4-10,12-13,19,24,28H,11H2,1-3H3,(H,25,26,27);2-6,8,10,14,20,22H,7,9H2,1H3,(H,21,23,24)/t13-,19-;10-,14?/m00/s1. The Morgan fingerprint density at radius 1 is 0.698 bits per heavy atom. The summed E-state index contributed by atoms with van der Waals surface area (Å²) < 4.78 is 52.7. The number of carbonyl (C=O) groups is 4. The first kappa shape index (κ1) is 42.6. The fourth-order valence-electron chi connectivity index (χ4n) is 5.15. The normalized spacial score (nSPS) is 13.5. The summed E-state index contributed by atoms with van der Waals surface area (Å²) >= 11 is 1.44. The number of imide groups is 2. The number of benzene rings is 3. The van der Waals surface area contributed by atoms with Crippen molar-refractivity contribution in [2.24, 2.45) is 0 Å². The Hall–Kier alpha value is -4.80. The van der Waals surface area contributed by atoms with Crippen LogP contribution in [0.15, 0.2) is 84.2 Å². The number of hydrogen-bond donors (Lipinski definition) is 6. The second-order valence-corrected chi connectivity index (χ2v) is 13.7. The Labute approximate surface area is 308 Å². The van der Waals surface area contributed by atoms with Crippen LogP contribution in [0, 0.1) is 23.3 Å². The summed E-state index contributed by atoms with van der Waals surface area (Å²) in [6, 6.07) is 15.8. The molecule has 0 bridgehead atoms. The first-order valence-electron chi connectivity index (χ1n) is 16.5. The van der Waals surface area contributed by atoms with E-state index in [1.165, 1.54) is 11.3 Å². The van der Waals surface area contributed by atoms with Gasteiger partial charge < -0.3 is 10.2 Å². The molecule has 10 nitrogen and oxygen atoms in total. The molecule has 6 N–H and O–H groups in total. The van der Waals surface area contributed by atoms with Crippen molar-refractivity contribution < 1.29 is 47.0 Å². The third-order valence-corrected chi connectivity index (χ3v) is 8.65. The molecule has 4 atom stereocenters. The van der Waals surface area contributed by atoms with Crippen molar-refractivity contribution in [3.63, 3.8) is 0 Å². The van der Waals surface area contributed by atoms with E-state index in [4.69, 9.17) is 0 Å². The molecule has 1 unspecified atom stereocenters. The van der Waals surface area contributed by atoms with Crippen molar-refractivity contribution in [2.45, 2.75) is 70.3 Å². The molecule has 4 amide bonds. The van der Waals surface area contributed by atoms with E-state index < -0.39 is 76.7 Å². The number of aliphatic hydroxyl groups is 2. The van der Waals surface area contributed by atoms with E-state index in [0.717, 1.165) is 34.7 Å². The summed E-state index contributed by atoms with van der Waals surface area (Å²) in [6.45, 7) is 6.15. The van der Waals surface area contributed by atoms with Gasteiger partial charge in [-0.25, -0.2) is 17.6 Å². The molecule has 4 rings (SSSR count). The van der Waals surface area contributed by atoms with Gasteiger partial charge >= 0.3 is 0 Å². The minimum atomic E-state index is -1.17. The molecule has 0 aliphatic heterocycles. The zero-order chi connectivity index (χ0) is 39.3. The van der Waals surface area contributed by atoms with Gasteiger partial charge in [0, 0.05) is 17.0 Å². The number of amides is 4. The van der Waals surface area contributed by atoms with Gasteiger partial charge in [0.05, 0.1) is 49.2 Å². The Bertz CT molecular complexity index is 1800. The van der Waals surface area contributed by atoms with E-state index in [2.05, 4.69) is 21.3 Å². The highest BCUT2D eigenvalue weighted by molar-refractivity contribution is 7.10. The van der Waals surface area contributed by atoms with Crippen molar-refractivity contribution in [1.82, 2.24) is 21.3 Å².